The summed E-state index contributed by atoms with van der Waals surface area (Å²) >= 11 is 1.87. The monoisotopic (exact) mass is 587 g/mol. The molecule has 0 saturated carbocycles. The van der Waals surface area contributed by atoms with Gasteiger partial charge < -0.3 is 9.73 Å². The number of fused-ring (bicyclic) bond motifs is 6. The number of aryl methyl sites for hydroxylation is 1. The molecule has 0 amide bonds. The molecule has 44 heavy (non-hydrogen) atoms. The molecule has 6 aromatic rings. The number of rotatable bonds is 4. The zero-order chi connectivity index (χ0) is 29.0. The number of thiophene rings is 1. The fourth-order valence-electron chi connectivity index (χ4n) is 6.86. The molecule has 0 bridgehead atoms. The molecule has 0 saturated heterocycles. The second kappa shape index (κ2) is 10.3. The Balaban J connectivity index is 1.15. The maximum atomic E-state index is 6.42. The van der Waals surface area contributed by atoms with Crippen LogP contribution in [0.25, 0.3) is 37.6 Å². The molecule has 1 N–H and O–H groups in total. The maximum Gasteiger partial charge on any atom is 0.169 e. The van der Waals surface area contributed by atoms with Crippen LogP contribution in [0.2, 0.25) is 0 Å². The fourth-order valence-corrected chi connectivity index (χ4v) is 8.15. The highest BCUT2D eigenvalue weighted by Gasteiger charge is 2.28. The zero-order valence-corrected chi connectivity index (χ0v) is 24.9. The van der Waals surface area contributed by atoms with Crippen molar-refractivity contribution in [3.05, 3.63) is 149 Å². The lowest BCUT2D eigenvalue weighted by Gasteiger charge is -2.27. The Morgan fingerprint density at radius 1 is 0.773 bits per heavy atom. The summed E-state index contributed by atoms with van der Waals surface area (Å²) in [7, 11) is 0. The minimum absolute atomic E-state index is 0.172. The first kappa shape index (κ1) is 25.5. The molecule has 0 radical (unpaired) electrons. The third-order valence-electron chi connectivity index (χ3n) is 8.95. The number of para-hydroxylation sites is 2. The lowest BCUT2D eigenvalue weighted by molar-refractivity contribution is 0.656. The first-order valence-electron chi connectivity index (χ1n) is 15.3. The van der Waals surface area contributed by atoms with Crippen molar-refractivity contribution in [2.45, 2.75) is 31.3 Å². The minimum Gasteiger partial charge on any atom is -0.456 e. The van der Waals surface area contributed by atoms with E-state index in [1.807, 2.05) is 29.5 Å². The van der Waals surface area contributed by atoms with Gasteiger partial charge in [0.1, 0.15) is 22.8 Å². The highest BCUT2D eigenvalue weighted by molar-refractivity contribution is 7.20. The van der Waals surface area contributed by atoms with E-state index in [4.69, 9.17) is 14.4 Å². The van der Waals surface area contributed by atoms with E-state index in [-0.39, 0.29) is 12.1 Å². The van der Waals surface area contributed by atoms with Crippen LogP contribution in [0.5, 0.6) is 0 Å². The molecule has 4 nitrogen and oxygen atoms in total. The quantitative estimate of drug-likeness (QED) is 0.223. The molecular formula is C39H29N3OS. The first-order valence-corrected chi connectivity index (χ1v) is 16.1. The highest BCUT2D eigenvalue weighted by Crippen LogP contribution is 2.41. The van der Waals surface area contributed by atoms with E-state index >= 15 is 0 Å². The summed E-state index contributed by atoms with van der Waals surface area (Å²) in [5, 5.41) is 7.33. The van der Waals surface area contributed by atoms with Gasteiger partial charge >= 0.3 is 0 Å². The van der Waals surface area contributed by atoms with E-state index in [0.717, 1.165) is 64.0 Å². The summed E-state index contributed by atoms with van der Waals surface area (Å²) in [5.41, 5.74) is 7.88. The number of benzene rings is 4. The molecule has 2 aromatic heterocycles. The van der Waals surface area contributed by atoms with Crippen LogP contribution in [0.4, 0.5) is 0 Å². The molecule has 212 valence electrons. The Labute approximate surface area is 259 Å². The molecule has 3 aliphatic rings. The van der Waals surface area contributed by atoms with Crippen molar-refractivity contribution in [2.24, 2.45) is 9.98 Å². The molecule has 3 heterocycles. The molecule has 5 heteroatoms. The number of furan rings is 1. The molecule has 0 spiro atoms. The van der Waals surface area contributed by atoms with Crippen LogP contribution in [0.15, 0.2) is 141 Å². The normalized spacial score (nSPS) is 19.7. The lowest BCUT2D eigenvalue weighted by atomic mass is 9.87. The third kappa shape index (κ3) is 4.19. The van der Waals surface area contributed by atoms with Crippen molar-refractivity contribution in [3.8, 4) is 0 Å². The smallest absolute Gasteiger partial charge is 0.169 e. The topological polar surface area (TPSA) is 49.9 Å². The van der Waals surface area contributed by atoms with Crippen LogP contribution in [0.1, 0.15) is 40.3 Å². The van der Waals surface area contributed by atoms with Crippen LogP contribution < -0.4 is 5.32 Å². The molecule has 4 aromatic carbocycles. The van der Waals surface area contributed by atoms with Crippen molar-refractivity contribution in [1.82, 2.24) is 5.32 Å². The average molecular weight is 588 g/mol. The minimum atomic E-state index is -0.351. The maximum absolute atomic E-state index is 6.42. The largest absolute Gasteiger partial charge is 0.456 e. The van der Waals surface area contributed by atoms with Gasteiger partial charge in [0, 0.05) is 43.0 Å². The van der Waals surface area contributed by atoms with Gasteiger partial charge in [0.15, 0.2) is 6.17 Å². The molecule has 2 unspecified atom stereocenters. The van der Waals surface area contributed by atoms with Crippen molar-refractivity contribution in [1.29, 1.82) is 0 Å². The van der Waals surface area contributed by atoms with Gasteiger partial charge in [-0.3, -0.25) is 0 Å². The predicted octanol–water partition coefficient (Wildman–Crippen LogP) is 9.57. The van der Waals surface area contributed by atoms with Crippen molar-refractivity contribution < 1.29 is 4.42 Å². The molecule has 2 atom stereocenters. The highest BCUT2D eigenvalue weighted by atomic mass is 32.1. The van der Waals surface area contributed by atoms with Crippen molar-refractivity contribution in [3.63, 3.8) is 0 Å². The first-order chi connectivity index (χ1) is 21.8. The molecule has 9 rings (SSSR count). The molecule has 2 aliphatic carbocycles. The summed E-state index contributed by atoms with van der Waals surface area (Å²) in [4.78, 5) is 11.8. The van der Waals surface area contributed by atoms with E-state index in [0.29, 0.717) is 0 Å². The van der Waals surface area contributed by atoms with Crippen molar-refractivity contribution in [2.75, 3.05) is 0 Å². The van der Waals surface area contributed by atoms with Gasteiger partial charge in [0.25, 0.3) is 0 Å². The van der Waals surface area contributed by atoms with Gasteiger partial charge in [0.05, 0.1) is 0 Å². The lowest BCUT2D eigenvalue weighted by Crippen LogP contribution is -2.38. The number of nitrogens with zero attached hydrogens (tertiary/aromatic N) is 2. The summed E-state index contributed by atoms with van der Waals surface area (Å²) in [6.07, 6.45) is 11.8. The van der Waals surface area contributed by atoms with Gasteiger partial charge in [-0.2, -0.15) is 0 Å². The van der Waals surface area contributed by atoms with Crippen LogP contribution in [-0.2, 0) is 6.42 Å². The second-order valence-corrected chi connectivity index (χ2v) is 12.7. The number of allylic oxidation sites excluding steroid dienone is 3. The SMILES string of the molecule is C1=CC(C2N=C(C3=CCCc4c3sc3ccccc43)NC(c3ccccc3)=N2)=CC(c2cccc3c2oc2ccccc23)C1. The second-order valence-electron chi connectivity index (χ2n) is 11.6. The van der Waals surface area contributed by atoms with Crippen LogP contribution in [0.3, 0.4) is 0 Å². The molecule has 0 fully saturated rings. The number of hydrogen-bond acceptors (Lipinski definition) is 5. The van der Waals surface area contributed by atoms with E-state index < -0.39 is 0 Å². The van der Waals surface area contributed by atoms with E-state index in [1.165, 1.54) is 31.7 Å². The van der Waals surface area contributed by atoms with E-state index in [1.54, 1.807) is 0 Å². The Morgan fingerprint density at radius 3 is 2.50 bits per heavy atom. The number of nitrogens with one attached hydrogen (secondary N) is 1. The molecular weight excluding hydrogens is 559 g/mol. The third-order valence-corrected chi connectivity index (χ3v) is 10.2. The standard InChI is InChI=1S/C39H29N3OS/c1-2-11-24(12-3-1)37-40-38(42-39(41-37)32-20-10-19-31-29-16-5-7-22-34(29)44-36(31)32)26-14-8-13-25(23-26)27-17-9-18-30-28-15-4-6-21-33(28)43-35(27)30/h1-9,11-12,14-18,20-23,25,38H,10,13,19H2,(H,40,41,42). The van der Waals surface area contributed by atoms with Gasteiger partial charge in [-0.15, -0.1) is 11.3 Å². The summed E-state index contributed by atoms with van der Waals surface area (Å²) < 4.78 is 7.75. The number of amidine groups is 2. The van der Waals surface area contributed by atoms with E-state index in [9.17, 15) is 0 Å². The van der Waals surface area contributed by atoms with Crippen LogP contribution >= 0.6 is 11.3 Å². The van der Waals surface area contributed by atoms with Gasteiger partial charge in [-0.05, 0) is 47.9 Å². The Bertz CT molecular complexity index is 2250. The van der Waals surface area contributed by atoms with Gasteiger partial charge in [-0.1, -0.05) is 109 Å². The molecule has 1 aliphatic heterocycles. The Kier molecular flexibility index (Phi) is 5.98. The van der Waals surface area contributed by atoms with Crippen LogP contribution in [-0.4, -0.2) is 17.8 Å². The average Bonchev–Trinajstić information content (AvgIpc) is 3.67. The van der Waals surface area contributed by atoms with Crippen LogP contribution in [0, 0.1) is 0 Å². The summed E-state index contributed by atoms with van der Waals surface area (Å²) in [6, 6.07) is 34.0. The zero-order valence-electron chi connectivity index (χ0n) is 24.0. The van der Waals surface area contributed by atoms with E-state index in [2.05, 4.69) is 108 Å². The van der Waals surface area contributed by atoms with Crippen molar-refractivity contribution >= 4 is 60.6 Å². The van der Waals surface area contributed by atoms with Gasteiger partial charge in [0.2, 0.25) is 0 Å². The predicted molar refractivity (Wildman–Crippen MR) is 184 cm³/mol. The summed E-state index contributed by atoms with van der Waals surface area (Å²) in [6.45, 7) is 0. The Morgan fingerprint density at radius 2 is 1.57 bits per heavy atom. The number of hydrogen-bond donors (Lipinski definition) is 1. The van der Waals surface area contributed by atoms with Gasteiger partial charge in [-0.25, -0.2) is 9.98 Å². The fraction of sp³-hybridized carbons (Fsp3) is 0.128. The number of aliphatic imine (C=N–C) groups is 2. The summed E-state index contributed by atoms with van der Waals surface area (Å²) in [5.74, 6) is 1.92. The Hall–Kier alpha value is -5.00.